The highest BCUT2D eigenvalue weighted by Crippen LogP contribution is 2.19. The number of aliphatic hydroxyl groups is 1. The fourth-order valence-electron chi connectivity index (χ4n) is 2.79. The summed E-state index contributed by atoms with van der Waals surface area (Å²) in [5.74, 6) is -0.266. The summed E-state index contributed by atoms with van der Waals surface area (Å²) in [6, 6.07) is 6.11. The normalized spacial score (nSPS) is 21.4. The van der Waals surface area contributed by atoms with Gasteiger partial charge in [0.2, 0.25) is 0 Å². The molecule has 3 nitrogen and oxygen atoms in total. The minimum absolute atomic E-state index is 0.266. The second-order valence-corrected chi connectivity index (χ2v) is 5.79. The van der Waals surface area contributed by atoms with Gasteiger partial charge < -0.3 is 14.7 Å². The zero-order chi connectivity index (χ0) is 15.1. The van der Waals surface area contributed by atoms with Crippen LogP contribution in [0.2, 0.25) is 0 Å². The van der Waals surface area contributed by atoms with Gasteiger partial charge in [-0.05, 0) is 49.9 Å². The van der Waals surface area contributed by atoms with Crippen molar-refractivity contribution in [2.45, 2.75) is 44.8 Å². The van der Waals surface area contributed by atoms with Gasteiger partial charge in [0.25, 0.3) is 0 Å². The molecule has 4 heteroatoms. The second-order valence-electron chi connectivity index (χ2n) is 5.79. The van der Waals surface area contributed by atoms with E-state index in [2.05, 4.69) is 11.8 Å². The van der Waals surface area contributed by atoms with Crippen LogP contribution in [0.3, 0.4) is 0 Å². The number of hydrogen-bond acceptors (Lipinski definition) is 3. The van der Waals surface area contributed by atoms with Crippen molar-refractivity contribution in [3.63, 3.8) is 0 Å². The molecule has 21 heavy (non-hydrogen) atoms. The first-order valence-corrected chi connectivity index (χ1v) is 7.96. The molecular weight excluding hydrogens is 269 g/mol. The average molecular weight is 295 g/mol. The number of aliphatic hydroxyl groups excluding tert-OH is 1. The van der Waals surface area contributed by atoms with Crippen molar-refractivity contribution in [3.05, 3.63) is 35.6 Å². The van der Waals surface area contributed by atoms with Gasteiger partial charge in [0, 0.05) is 19.7 Å². The minimum Gasteiger partial charge on any atom is -0.388 e. The first kappa shape index (κ1) is 16.4. The van der Waals surface area contributed by atoms with E-state index in [0.29, 0.717) is 12.5 Å². The molecule has 1 N–H and O–H groups in total. The Bertz CT molecular complexity index is 410. The average Bonchev–Trinajstić information content (AvgIpc) is 2.52. The predicted octanol–water partition coefficient (Wildman–Crippen LogP) is 3.14. The van der Waals surface area contributed by atoms with E-state index in [0.717, 1.165) is 51.1 Å². The molecule has 0 spiro atoms. The Morgan fingerprint density at radius 1 is 1.38 bits per heavy atom. The third-order valence-electron chi connectivity index (χ3n) is 3.99. The summed E-state index contributed by atoms with van der Waals surface area (Å²) in [6.07, 6.45) is 3.83. The van der Waals surface area contributed by atoms with Crippen LogP contribution in [0.4, 0.5) is 4.39 Å². The van der Waals surface area contributed by atoms with Crippen LogP contribution in [0, 0.1) is 5.82 Å². The summed E-state index contributed by atoms with van der Waals surface area (Å²) < 4.78 is 18.7. The Morgan fingerprint density at radius 3 is 2.86 bits per heavy atom. The molecule has 1 fully saturated rings. The molecule has 2 atom stereocenters. The number of ether oxygens (including phenoxy) is 1. The third-order valence-corrected chi connectivity index (χ3v) is 3.99. The number of likely N-dealkylation sites (tertiary alicyclic amines) is 1. The molecule has 0 aromatic heterocycles. The van der Waals surface area contributed by atoms with E-state index in [1.54, 1.807) is 12.1 Å². The van der Waals surface area contributed by atoms with E-state index >= 15 is 0 Å². The topological polar surface area (TPSA) is 32.7 Å². The largest absolute Gasteiger partial charge is 0.388 e. The van der Waals surface area contributed by atoms with Gasteiger partial charge >= 0.3 is 0 Å². The molecule has 1 aliphatic heterocycles. The van der Waals surface area contributed by atoms with E-state index in [4.69, 9.17) is 4.74 Å². The number of benzene rings is 1. The Kier molecular flexibility index (Phi) is 6.61. The molecule has 0 bridgehead atoms. The first-order valence-electron chi connectivity index (χ1n) is 7.96. The van der Waals surface area contributed by atoms with Crippen LogP contribution in [0.25, 0.3) is 0 Å². The summed E-state index contributed by atoms with van der Waals surface area (Å²) >= 11 is 0. The van der Waals surface area contributed by atoms with E-state index in [-0.39, 0.29) is 5.82 Å². The zero-order valence-electron chi connectivity index (χ0n) is 12.8. The van der Waals surface area contributed by atoms with E-state index in [1.807, 2.05) is 0 Å². The molecule has 1 aromatic carbocycles. The Morgan fingerprint density at radius 2 is 2.14 bits per heavy atom. The molecule has 0 saturated carbocycles. The van der Waals surface area contributed by atoms with E-state index < -0.39 is 6.10 Å². The van der Waals surface area contributed by atoms with Gasteiger partial charge in [-0.15, -0.1) is 0 Å². The van der Waals surface area contributed by atoms with Crippen molar-refractivity contribution < 1.29 is 14.2 Å². The fourth-order valence-corrected chi connectivity index (χ4v) is 2.79. The van der Waals surface area contributed by atoms with Gasteiger partial charge in [0.15, 0.2) is 0 Å². The van der Waals surface area contributed by atoms with Gasteiger partial charge in [0.05, 0.1) is 12.2 Å². The monoisotopic (exact) mass is 295 g/mol. The van der Waals surface area contributed by atoms with E-state index in [1.165, 1.54) is 12.1 Å². The molecule has 0 aliphatic carbocycles. The van der Waals surface area contributed by atoms with Crippen LogP contribution >= 0.6 is 0 Å². The van der Waals surface area contributed by atoms with Crippen molar-refractivity contribution in [1.82, 2.24) is 4.90 Å². The molecule has 1 aliphatic rings. The van der Waals surface area contributed by atoms with Crippen molar-refractivity contribution in [3.8, 4) is 0 Å². The lowest BCUT2D eigenvalue weighted by Gasteiger charge is -2.33. The molecule has 1 aromatic rings. The van der Waals surface area contributed by atoms with Gasteiger partial charge in [-0.1, -0.05) is 19.1 Å². The zero-order valence-corrected chi connectivity index (χ0v) is 12.8. The van der Waals surface area contributed by atoms with Gasteiger partial charge in [-0.2, -0.15) is 0 Å². The lowest BCUT2D eigenvalue weighted by atomic mass is 10.0. The highest BCUT2D eigenvalue weighted by Gasteiger charge is 2.20. The number of rotatable bonds is 7. The second kappa shape index (κ2) is 8.47. The Hall–Kier alpha value is -0.970. The molecule has 0 radical (unpaired) electrons. The number of piperidine rings is 1. The summed E-state index contributed by atoms with van der Waals surface area (Å²) in [6.45, 7) is 5.83. The maximum atomic E-state index is 12.9. The molecule has 1 saturated heterocycles. The van der Waals surface area contributed by atoms with Gasteiger partial charge in [-0.25, -0.2) is 4.39 Å². The number of nitrogens with zero attached hydrogens (tertiary/aromatic N) is 1. The van der Waals surface area contributed by atoms with Crippen LogP contribution in [-0.4, -0.2) is 42.4 Å². The predicted molar refractivity (Wildman–Crippen MR) is 81.7 cm³/mol. The van der Waals surface area contributed by atoms with Gasteiger partial charge in [-0.3, -0.25) is 0 Å². The first-order chi connectivity index (χ1) is 10.2. The van der Waals surface area contributed by atoms with Crippen molar-refractivity contribution in [1.29, 1.82) is 0 Å². The lowest BCUT2D eigenvalue weighted by molar-refractivity contribution is -0.00347. The molecule has 118 valence electrons. The van der Waals surface area contributed by atoms with Crippen LogP contribution < -0.4 is 0 Å². The molecular formula is C17H26FNO2. The molecule has 1 heterocycles. The lowest BCUT2D eigenvalue weighted by Crippen LogP contribution is -2.40. The maximum Gasteiger partial charge on any atom is 0.123 e. The Balaban J connectivity index is 1.75. The third kappa shape index (κ3) is 5.38. The van der Waals surface area contributed by atoms with Crippen molar-refractivity contribution in [2.24, 2.45) is 0 Å². The highest BCUT2D eigenvalue weighted by atomic mass is 19.1. The smallest absolute Gasteiger partial charge is 0.123 e. The van der Waals surface area contributed by atoms with Crippen LogP contribution in [-0.2, 0) is 4.74 Å². The summed E-state index contributed by atoms with van der Waals surface area (Å²) in [5, 5.41) is 10.2. The highest BCUT2D eigenvalue weighted by molar-refractivity contribution is 5.18. The SMILES string of the molecule is CCCOC1CCCN(CCC(O)c2ccc(F)cc2)C1. The summed E-state index contributed by atoms with van der Waals surface area (Å²) in [7, 11) is 0. The molecule has 2 rings (SSSR count). The van der Waals surface area contributed by atoms with E-state index in [9.17, 15) is 9.50 Å². The van der Waals surface area contributed by atoms with Crippen molar-refractivity contribution >= 4 is 0 Å². The minimum atomic E-state index is -0.525. The van der Waals surface area contributed by atoms with Crippen LogP contribution in [0.15, 0.2) is 24.3 Å². The molecule has 0 amide bonds. The van der Waals surface area contributed by atoms with Gasteiger partial charge in [0.1, 0.15) is 5.82 Å². The number of hydrogen-bond donors (Lipinski definition) is 1. The Labute approximate surface area is 126 Å². The van der Waals surface area contributed by atoms with Crippen LogP contribution in [0.5, 0.6) is 0 Å². The quantitative estimate of drug-likeness (QED) is 0.839. The van der Waals surface area contributed by atoms with Crippen LogP contribution in [0.1, 0.15) is 44.3 Å². The number of halogens is 1. The maximum absolute atomic E-state index is 12.9. The summed E-state index contributed by atoms with van der Waals surface area (Å²) in [4.78, 5) is 2.36. The van der Waals surface area contributed by atoms with Crippen molar-refractivity contribution in [2.75, 3.05) is 26.2 Å². The fraction of sp³-hybridized carbons (Fsp3) is 0.647. The standard InChI is InChI=1S/C17H26FNO2/c1-2-12-21-16-4-3-10-19(13-16)11-9-17(20)14-5-7-15(18)8-6-14/h5-8,16-17,20H,2-4,9-13H2,1H3. The summed E-state index contributed by atoms with van der Waals surface area (Å²) in [5.41, 5.74) is 0.784. The molecule has 2 unspecified atom stereocenters.